The van der Waals surface area contributed by atoms with Crippen LogP contribution < -0.4 is 9.46 Å². The standard InChI is InChI=1S/C16H16FN5O3S/c1-3-25-14-5-4-12(8-13(14)17)26(23,24)21-15-9-16(20-10-19-15)22-7-6-18-11(22)2/h4-10H,3H2,1-2H3,(H,19,20,21). The minimum atomic E-state index is -4.02. The lowest BCUT2D eigenvalue weighted by molar-refractivity contribution is 0.321. The monoisotopic (exact) mass is 377 g/mol. The Hall–Kier alpha value is -3.01. The second-order valence-corrected chi connectivity index (χ2v) is 6.92. The summed E-state index contributed by atoms with van der Waals surface area (Å²) >= 11 is 0. The van der Waals surface area contributed by atoms with Crippen LogP contribution in [0.2, 0.25) is 0 Å². The van der Waals surface area contributed by atoms with Gasteiger partial charge in [0.05, 0.1) is 11.5 Å². The molecular formula is C16H16FN5O3S. The molecular weight excluding hydrogens is 361 g/mol. The van der Waals surface area contributed by atoms with Crippen LogP contribution in [0.5, 0.6) is 5.75 Å². The zero-order chi connectivity index (χ0) is 18.7. The number of aromatic nitrogens is 4. The molecule has 0 unspecified atom stereocenters. The van der Waals surface area contributed by atoms with Crippen molar-refractivity contribution in [1.82, 2.24) is 19.5 Å². The zero-order valence-electron chi connectivity index (χ0n) is 14.0. The van der Waals surface area contributed by atoms with Gasteiger partial charge in [-0.15, -0.1) is 0 Å². The Bertz CT molecular complexity index is 1040. The fourth-order valence-electron chi connectivity index (χ4n) is 2.27. The Kier molecular flexibility index (Phi) is 4.85. The second kappa shape index (κ2) is 7.08. The summed E-state index contributed by atoms with van der Waals surface area (Å²) < 4.78 is 48.0. The molecule has 0 aliphatic heterocycles. The summed E-state index contributed by atoms with van der Waals surface area (Å²) in [5, 5.41) is 0. The van der Waals surface area contributed by atoms with Gasteiger partial charge in [-0.3, -0.25) is 9.29 Å². The molecule has 0 saturated heterocycles. The van der Waals surface area contributed by atoms with E-state index in [0.717, 1.165) is 6.07 Å². The van der Waals surface area contributed by atoms with E-state index in [0.29, 0.717) is 11.6 Å². The minimum absolute atomic E-state index is 0.00800. The van der Waals surface area contributed by atoms with Crippen LogP contribution in [0.3, 0.4) is 0 Å². The van der Waals surface area contributed by atoms with E-state index < -0.39 is 15.8 Å². The summed E-state index contributed by atoms with van der Waals surface area (Å²) in [7, 11) is -4.02. The van der Waals surface area contributed by atoms with Crippen LogP contribution in [0.25, 0.3) is 5.82 Å². The predicted molar refractivity (Wildman–Crippen MR) is 92.3 cm³/mol. The Balaban J connectivity index is 1.88. The minimum Gasteiger partial charge on any atom is -0.491 e. The number of sulfonamides is 1. The maximum atomic E-state index is 13.9. The van der Waals surface area contributed by atoms with Gasteiger partial charge in [-0.2, -0.15) is 0 Å². The molecule has 26 heavy (non-hydrogen) atoms. The molecule has 2 aromatic heterocycles. The maximum absolute atomic E-state index is 13.9. The van der Waals surface area contributed by atoms with Gasteiger partial charge < -0.3 is 4.74 Å². The number of anilines is 1. The first kappa shape index (κ1) is 17.8. The molecule has 0 spiro atoms. The Morgan fingerprint density at radius 1 is 1.23 bits per heavy atom. The van der Waals surface area contributed by atoms with Crippen LogP contribution in [0.15, 0.2) is 47.9 Å². The Labute approximate surface area is 149 Å². The molecule has 136 valence electrons. The van der Waals surface area contributed by atoms with Gasteiger partial charge in [0.2, 0.25) is 0 Å². The van der Waals surface area contributed by atoms with Crippen LogP contribution in [-0.4, -0.2) is 34.5 Å². The molecule has 0 bridgehead atoms. The van der Waals surface area contributed by atoms with Crippen LogP contribution in [0.4, 0.5) is 10.2 Å². The number of imidazole rings is 1. The molecule has 2 heterocycles. The number of benzene rings is 1. The van der Waals surface area contributed by atoms with Crippen LogP contribution in [0, 0.1) is 12.7 Å². The Morgan fingerprint density at radius 3 is 2.69 bits per heavy atom. The highest BCUT2D eigenvalue weighted by molar-refractivity contribution is 7.92. The highest BCUT2D eigenvalue weighted by Gasteiger charge is 2.18. The number of hydrogen-bond acceptors (Lipinski definition) is 6. The van der Waals surface area contributed by atoms with E-state index in [-0.39, 0.29) is 23.1 Å². The lowest BCUT2D eigenvalue weighted by Gasteiger charge is -2.10. The van der Waals surface area contributed by atoms with Crippen molar-refractivity contribution in [2.45, 2.75) is 18.7 Å². The Morgan fingerprint density at radius 2 is 2.04 bits per heavy atom. The number of nitrogens with one attached hydrogen (secondary N) is 1. The average molecular weight is 377 g/mol. The highest BCUT2D eigenvalue weighted by atomic mass is 32.2. The van der Waals surface area contributed by atoms with E-state index in [1.165, 1.54) is 24.5 Å². The average Bonchev–Trinajstić information content (AvgIpc) is 3.02. The lowest BCUT2D eigenvalue weighted by Crippen LogP contribution is -2.15. The summed E-state index contributed by atoms with van der Waals surface area (Å²) in [6.45, 7) is 3.77. The van der Waals surface area contributed by atoms with Crippen LogP contribution in [-0.2, 0) is 10.0 Å². The van der Waals surface area contributed by atoms with E-state index in [4.69, 9.17) is 4.74 Å². The molecule has 0 radical (unpaired) electrons. The van der Waals surface area contributed by atoms with E-state index in [2.05, 4.69) is 19.7 Å². The van der Waals surface area contributed by atoms with Gasteiger partial charge in [0.15, 0.2) is 11.6 Å². The normalized spacial score (nSPS) is 11.3. The number of nitrogens with zero attached hydrogens (tertiary/aromatic N) is 4. The number of hydrogen-bond donors (Lipinski definition) is 1. The van der Waals surface area contributed by atoms with Gasteiger partial charge in [0.25, 0.3) is 10.0 Å². The van der Waals surface area contributed by atoms with E-state index in [1.807, 2.05) is 0 Å². The molecule has 3 aromatic rings. The third kappa shape index (κ3) is 3.64. The van der Waals surface area contributed by atoms with Gasteiger partial charge in [0, 0.05) is 18.5 Å². The predicted octanol–water partition coefficient (Wildman–Crippen LogP) is 2.31. The molecule has 1 N–H and O–H groups in total. The van der Waals surface area contributed by atoms with E-state index >= 15 is 0 Å². The smallest absolute Gasteiger partial charge is 0.263 e. The summed E-state index contributed by atoms with van der Waals surface area (Å²) in [5.41, 5.74) is 0. The SMILES string of the molecule is CCOc1ccc(S(=O)(=O)Nc2cc(-n3ccnc3C)ncn2)cc1F. The molecule has 8 nitrogen and oxygen atoms in total. The molecule has 0 aliphatic rings. The third-order valence-electron chi connectivity index (χ3n) is 3.48. The highest BCUT2D eigenvalue weighted by Crippen LogP contribution is 2.23. The van der Waals surface area contributed by atoms with Crippen molar-refractivity contribution in [3.8, 4) is 11.6 Å². The van der Waals surface area contributed by atoms with Gasteiger partial charge in [-0.25, -0.2) is 27.8 Å². The molecule has 0 saturated carbocycles. The van der Waals surface area contributed by atoms with Gasteiger partial charge >= 0.3 is 0 Å². The summed E-state index contributed by atoms with van der Waals surface area (Å²) in [6, 6.07) is 4.89. The fraction of sp³-hybridized carbons (Fsp3) is 0.188. The topological polar surface area (TPSA) is 99.0 Å². The maximum Gasteiger partial charge on any atom is 0.263 e. The van der Waals surface area contributed by atoms with Crippen molar-refractivity contribution in [2.24, 2.45) is 0 Å². The van der Waals surface area contributed by atoms with E-state index in [9.17, 15) is 12.8 Å². The number of ether oxygens (including phenoxy) is 1. The quantitative estimate of drug-likeness (QED) is 0.708. The molecule has 0 amide bonds. The first-order valence-corrected chi connectivity index (χ1v) is 9.16. The molecule has 1 aromatic carbocycles. The molecule has 3 rings (SSSR count). The largest absolute Gasteiger partial charge is 0.491 e. The number of aryl methyl sites for hydroxylation is 1. The molecule has 10 heteroatoms. The second-order valence-electron chi connectivity index (χ2n) is 5.24. The summed E-state index contributed by atoms with van der Waals surface area (Å²) in [6.07, 6.45) is 4.52. The van der Waals surface area contributed by atoms with Crippen molar-refractivity contribution in [2.75, 3.05) is 11.3 Å². The summed E-state index contributed by atoms with van der Waals surface area (Å²) in [4.78, 5) is 11.8. The van der Waals surface area contributed by atoms with Crippen LogP contribution >= 0.6 is 0 Å². The number of rotatable bonds is 6. The van der Waals surface area contributed by atoms with Crippen molar-refractivity contribution < 1.29 is 17.5 Å². The van der Waals surface area contributed by atoms with Crippen molar-refractivity contribution in [3.63, 3.8) is 0 Å². The molecule has 0 aliphatic carbocycles. The van der Waals surface area contributed by atoms with Crippen molar-refractivity contribution >= 4 is 15.8 Å². The first-order valence-electron chi connectivity index (χ1n) is 7.68. The first-order chi connectivity index (χ1) is 12.4. The summed E-state index contributed by atoms with van der Waals surface area (Å²) in [5.74, 6) is 0.424. The molecule has 0 fully saturated rings. The fourth-order valence-corrected chi connectivity index (χ4v) is 3.28. The third-order valence-corrected chi connectivity index (χ3v) is 4.83. The lowest BCUT2D eigenvalue weighted by atomic mass is 10.3. The van der Waals surface area contributed by atoms with Gasteiger partial charge in [-0.05, 0) is 32.0 Å². The molecule has 0 atom stereocenters. The van der Waals surface area contributed by atoms with Crippen molar-refractivity contribution in [3.05, 3.63) is 54.6 Å². The van der Waals surface area contributed by atoms with E-state index in [1.54, 1.807) is 30.8 Å². The zero-order valence-corrected chi connectivity index (χ0v) is 14.9. The van der Waals surface area contributed by atoms with Gasteiger partial charge in [-0.1, -0.05) is 0 Å². The van der Waals surface area contributed by atoms with Gasteiger partial charge in [0.1, 0.15) is 23.8 Å². The van der Waals surface area contributed by atoms with Crippen LogP contribution in [0.1, 0.15) is 12.7 Å². The number of halogens is 1. The van der Waals surface area contributed by atoms with Crippen molar-refractivity contribution in [1.29, 1.82) is 0 Å².